The number of nitrogens with two attached hydrogens (primary N) is 1. The van der Waals surface area contributed by atoms with Gasteiger partial charge in [0.05, 0.1) is 10.2 Å². The van der Waals surface area contributed by atoms with Crippen molar-refractivity contribution in [3.05, 3.63) is 47.7 Å². The van der Waals surface area contributed by atoms with E-state index in [1.165, 1.54) is 11.8 Å². The number of fused-ring (bicyclic) bond motifs is 1. The van der Waals surface area contributed by atoms with E-state index >= 15 is 0 Å². The van der Waals surface area contributed by atoms with Gasteiger partial charge in [0.1, 0.15) is 5.03 Å². The number of amidine groups is 1. The first kappa shape index (κ1) is 13.8. The van der Waals surface area contributed by atoms with Gasteiger partial charge in [-0.05, 0) is 43.0 Å². The lowest BCUT2D eigenvalue weighted by atomic mass is 10.2. The molecule has 3 rings (SSSR count). The first-order valence-corrected chi connectivity index (χ1v) is 7.79. The molecule has 2 heterocycles. The molecule has 0 bridgehead atoms. The fourth-order valence-electron chi connectivity index (χ4n) is 1.88. The van der Waals surface area contributed by atoms with Crippen LogP contribution in [0.5, 0.6) is 0 Å². The van der Waals surface area contributed by atoms with Crippen LogP contribution in [0.3, 0.4) is 0 Å². The molecule has 5 nitrogen and oxygen atoms in total. The van der Waals surface area contributed by atoms with Gasteiger partial charge in [-0.25, -0.2) is 9.97 Å². The highest BCUT2D eigenvalue weighted by Crippen LogP contribution is 2.33. The zero-order valence-corrected chi connectivity index (χ0v) is 12.8. The minimum atomic E-state index is 0.0756. The number of aromatic nitrogens is 2. The summed E-state index contributed by atoms with van der Waals surface area (Å²) < 4.78 is 2.06. The molecular weight excluding hydrogens is 304 g/mol. The summed E-state index contributed by atoms with van der Waals surface area (Å²) in [6.07, 6.45) is 0. The Morgan fingerprint density at radius 3 is 2.86 bits per heavy atom. The Bertz CT molecular complexity index is 796. The van der Waals surface area contributed by atoms with Gasteiger partial charge in [-0.1, -0.05) is 17.3 Å². The Morgan fingerprint density at radius 1 is 1.29 bits per heavy atom. The summed E-state index contributed by atoms with van der Waals surface area (Å²) in [6, 6.07) is 11.6. The van der Waals surface area contributed by atoms with Gasteiger partial charge in [0.25, 0.3) is 0 Å². The molecule has 106 valence electrons. The molecule has 2 aromatic heterocycles. The standard InChI is InChI=1S/C14H12N4OS2/c1-8-6-9(13(15)18-19)7-12(16-8)21-14-17-10-4-2-3-5-11(10)20-14/h2-7,19H,1H3,(H2,15,18). The molecule has 0 aliphatic carbocycles. The summed E-state index contributed by atoms with van der Waals surface area (Å²) in [5.74, 6) is 0.0756. The fraction of sp³-hybridized carbons (Fsp3) is 0.0714. The van der Waals surface area contributed by atoms with Crippen LogP contribution in [0.15, 0.2) is 50.9 Å². The highest BCUT2D eigenvalue weighted by atomic mass is 32.2. The molecule has 0 amide bonds. The van der Waals surface area contributed by atoms with Crippen molar-refractivity contribution < 1.29 is 5.21 Å². The van der Waals surface area contributed by atoms with Gasteiger partial charge in [-0.2, -0.15) is 0 Å². The van der Waals surface area contributed by atoms with E-state index in [1.54, 1.807) is 23.5 Å². The molecule has 7 heteroatoms. The number of hydrogen-bond acceptors (Lipinski definition) is 6. The van der Waals surface area contributed by atoms with Crippen LogP contribution in [0.4, 0.5) is 0 Å². The molecule has 3 aromatic rings. The minimum absolute atomic E-state index is 0.0756. The summed E-state index contributed by atoms with van der Waals surface area (Å²) in [6.45, 7) is 1.87. The average molecular weight is 316 g/mol. The minimum Gasteiger partial charge on any atom is -0.409 e. The molecule has 0 saturated heterocycles. The van der Waals surface area contributed by atoms with Crippen molar-refractivity contribution in [3.63, 3.8) is 0 Å². The molecule has 0 fully saturated rings. The van der Waals surface area contributed by atoms with Gasteiger partial charge in [-0.3, -0.25) is 0 Å². The van der Waals surface area contributed by atoms with Gasteiger partial charge >= 0.3 is 0 Å². The number of aryl methyl sites for hydroxylation is 1. The van der Waals surface area contributed by atoms with E-state index in [4.69, 9.17) is 10.9 Å². The lowest BCUT2D eigenvalue weighted by molar-refractivity contribution is 0.318. The number of benzene rings is 1. The van der Waals surface area contributed by atoms with Crippen molar-refractivity contribution in [1.82, 2.24) is 9.97 Å². The van der Waals surface area contributed by atoms with E-state index < -0.39 is 0 Å². The second kappa shape index (κ2) is 5.71. The summed E-state index contributed by atoms with van der Waals surface area (Å²) in [5.41, 5.74) is 8.07. The van der Waals surface area contributed by atoms with E-state index in [-0.39, 0.29) is 5.84 Å². The highest BCUT2D eigenvalue weighted by Gasteiger charge is 2.09. The Kier molecular flexibility index (Phi) is 3.76. The number of hydrogen-bond donors (Lipinski definition) is 2. The van der Waals surface area contributed by atoms with Crippen LogP contribution >= 0.6 is 23.1 Å². The van der Waals surface area contributed by atoms with Crippen LogP contribution < -0.4 is 5.73 Å². The lowest BCUT2D eigenvalue weighted by Crippen LogP contribution is -2.13. The van der Waals surface area contributed by atoms with Gasteiger partial charge < -0.3 is 10.9 Å². The summed E-state index contributed by atoms with van der Waals surface area (Å²) in [5, 5.41) is 12.6. The number of rotatable bonds is 3. The summed E-state index contributed by atoms with van der Waals surface area (Å²) in [4.78, 5) is 9.02. The Morgan fingerprint density at radius 2 is 2.10 bits per heavy atom. The number of thiazole rings is 1. The first-order chi connectivity index (χ1) is 10.2. The molecule has 0 aliphatic rings. The molecule has 0 unspecified atom stereocenters. The van der Waals surface area contributed by atoms with E-state index in [0.717, 1.165) is 25.3 Å². The average Bonchev–Trinajstić information content (AvgIpc) is 2.87. The van der Waals surface area contributed by atoms with Crippen LogP contribution in [0.2, 0.25) is 0 Å². The van der Waals surface area contributed by atoms with E-state index in [0.29, 0.717) is 5.56 Å². The predicted octanol–water partition coefficient (Wildman–Crippen LogP) is 3.25. The van der Waals surface area contributed by atoms with Crippen molar-refractivity contribution >= 4 is 39.2 Å². The monoisotopic (exact) mass is 316 g/mol. The Balaban J connectivity index is 1.95. The van der Waals surface area contributed by atoms with Crippen LogP contribution in [-0.4, -0.2) is 21.0 Å². The van der Waals surface area contributed by atoms with Gasteiger partial charge in [-0.15, -0.1) is 11.3 Å². The van der Waals surface area contributed by atoms with Crippen LogP contribution in [-0.2, 0) is 0 Å². The molecule has 0 saturated carbocycles. The SMILES string of the molecule is Cc1cc(/C(N)=N/O)cc(Sc2nc3ccccc3s2)n1. The quantitative estimate of drug-likeness (QED) is 0.335. The number of oxime groups is 1. The summed E-state index contributed by atoms with van der Waals surface area (Å²) >= 11 is 3.09. The maximum Gasteiger partial charge on any atom is 0.170 e. The normalized spacial score (nSPS) is 12.0. The number of pyridine rings is 1. The zero-order valence-electron chi connectivity index (χ0n) is 11.1. The van der Waals surface area contributed by atoms with E-state index in [9.17, 15) is 0 Å². The van der Waals surface area contributed by atoms with Gasteiger partial charge in [0, 0.05) is 11.3 Å². The van der Waals surface area contributed by atoms with Crippen LogP contribution in [0, 0.1) is 6.92 Å². The maximum absolute atomic E-state index is 8.78. The fourth-order valence-corrected chi connectivity index (χ4v) is 3.97. The van der Waals surface area contributed by atoms with Crippen molar-refractivity contribution in [1.29, 1.82) is 0 Å². The lowest BCUT2D eigenvalue weighted by Gasteiger charge is -2.03. The molecule has 0 radical (unpaired) electrons. The van der Waals surface area contributed by atoms with Gasteiger partial charge in [0.15, 0.2) is 10.2 Å². The molecule has 0 aliphatic heterocycles. The number of nitrogens with zero attached hydrogens (tertiary/aromatic N) is 3. The van der Waals surface area contributed by atoms with Crippen LogP contribution in [0.25, 0.3) is 10.2 Å². The molecule has 1 aromatic carbocycles. The Labute approximate surface area is 129 Å². The second-order valence-electron chi connectivity index (χ2n) is 4.37. The maximum atomic E-state index is 8.78. The van der Waals surface area contributed by atoms with Crippen molar-refractivity contribution in [2.45, 2.75) is 16.3 Å². The molecule has 3 N–H and O–H groups in total. The topological polar surface area (TPSA) is 84.4 Å². The third-order valence-corrected chi connectivity index (χ3v) is 4.81. The van der Waals surface area contributed by atoms with Crippen molar-refractivity contribution in [2.24, 2.45) is 10.9 Å². The third-order valence-electron chi connectivity index (χ3n) is 2.80. The zero-order chi connectivity index (χ0) is 14.8. The highest BCUT2D eigenvalue weighted by molar-refractivity contribution is 8.01. The van der Waals surface area contributed by atoms with Crippen LogP contribution in [0.1, 0.15) is 11.3 Å². The van der Waals surface area contributed by atoms with Gasteiger partial charge in [0.2, 0.25) is 0 Å². The van der Waals surface area contributed by atoms with Crippen molar-refractivity contribution in [3.8, 4) is 0 Å². The summed E-state index contributed by atoms with van der Waals surface area (Å²) in [7, 11) is 0. The van der Waals surface area contributed by atoms with E-state index in [1.807, 2.05) is 31.2 Å². The molecule has 0 spiro atoms. The third kappa shape index (κ3) is 2.98. The largest absolute Gasteiger partial charge is 0.409 e. The van der Waals surface area contributed by atoms with Crippen molar-refractivity contribution in [2.75, 3.05) is 0 Å². The van der Waals surface area contributed by atoms with E-state index in [2.05, 4.69) is 15.1 Å². The first-order valence-electron chi connectivity index (χ1n) is 6.16. The second-order valence-corrected chi connectivity index (χ2v) is 6.67. The molecule has 0 atom stereocenters. The number of para-hydroxylation sites is 1. The predicted molar refractivity (Wildman–Crippen MR) is 85.2 cm³/mol. The Hall–Kier alpha value is -2.12. The molecular formula is C14H12N4OS2. The molecule has 21 heavy (non-hydrogen) atoms. The smallest absolute Gasteiger partial charge is 0.170 e.